The number of nitrogens with one attached hydrogen (secondary N) is 2. The molecule has 2 unspecified atom stereocenters. The quantitative estimate of drug-likeness (QED) is 0.417. The average Bonchev–Trinajstić information content (AvgIpc) is 2.86. The summed E-state index contributed by atoms with van der Waals surface area (Å²) in [5, 5.41) is 26.9. The van der Waals surface area contributed by atoms with Gasteiger partial charge in [0.1, 0.15) is 0 Å². The highest BCUT2D eigenvalue weighted by atomic mass is 35.5. The lowest BCUT2D eigenvalue weighted by Gasteiger charge is -2.29. The summed E-state index contributed by atoms with van der Waals surface area (Å²) < 4.78 is 0. The zero-order valence-corrected chi connectivity index (χ0v) is 21.4. The van der Waals surface area contributed by atoms with Crippen molar-refractivity contribution in [1.29, 1.82) is 0 Å². The highest BCUT2D eigenvalue weighted by Gasteiger charge is 2.34. The summed E-state index contributed by atoms with van der Waals surface area (Å²) in [6, 6.07) is 13.5. The van der Waals surface area contributed by atoms with Crippen molar-refractivity contribution in [2.45, 2.75) is 58.9 Å². The highest BCUT2D eigenvalue weighted by molar-refractivity contribution is 6.30. The molecule has 34 heavy (non-hydrogen) atoms. The standard InChI is InChI=1S/C24H30ClN3O4.C2H6/c1-5-13-26-20-11-9-17(10-12-20)15(2)27-23(31)21(29)22(30)24(32)28(4)16(3)18-7-6-8-19(25)14-18;1-2/h5-16,21-22,26,29-30H,1-4H3,(H,27,31);1-2H3/b13-5-;/t15-,16?,21?,22-;/m1./s1. The number of aliphatic hydroxyl groups is 2. The monoisotopic (exact) mass is 489 g/mol. The van der Waals surface area contributed by atoms with Crippen LogP contribution < -0.4 is 10.6 Å². The molecule has 7 nitrogen and oxygen atoms in total. The first kappa shape index (κ1) is 29.2. The van der Waals surface area contributed by atoms with Gasteiger partial charge in [-0.3, -0.25) is 9.59 Å². The molecule has 186 valence electrons. The Morgan fingerprint density at radius 3 is 2.18 bits per heavy atom. The van der Waals surface area contributed by atoms with Crippen LogP contribution in [0, 0.1) is 0 Å². The molecule has 0 aliphatic rings. The van der Waals surface area contributed by atoms with E-state index in [0.717, 1.165) is 16.8 Å². The van der Waals surface area contributed by atoms with Crippen molar-refractivity contribution >= 4 is 29.1 Å². The molecule has 2 aromatic carbocycles. The Bertz CT molecular complexity index is 949. The van der Waals surface area contributed by atoms with Gasteiger partial charge in [-0.25, -0.2) is 0 Å². The van der Waals surface area contributed by atoms with Gasteiger partial charge in [-0.05, 0) is 62.4 Å². The smallest absolute Gasteiger partial charge is 0.254 e. The summed E-state index contributed by atoms with van der Waals surface area (Å²) in [5.41, 5.74) is 2.47. The van der Waals surface area contributed by atoms with Gasteiger partial charge in [0, 0.05) is 17.8 Å². The SMILES string of the molecule is C/C=C\Nc1ccc([C@@H](C)NC(=O)C(O)[C@@H](O)C(=O)N(C)C(C)c2cccc(Cl)c2)cc1.CC. The fraction of sp³-hybridized carbons (Fsp3) is 0.385. The molecule has 8 heteroatoms. The number of rotatable bonds is 9. The maximum Gasteiger partial charge on any atom is 0.254 e. The Hall–Kier alpha value is -2.87. The fourth-order valence-electron chi connectivity index (χ4n) is 3.10. The Balaban J connectivity index is 0.00000281. The van der Waals surface area contributed by atoms with E-state index in [-0.39, 0.29) is 0 Å². The molecule has 2 amide bonds. The molecule has 2 aromatic rings. The number of amides is 2. The van der Waals surface area contributed by atoms with Crippen LogP contribution in [-0.2, 0) is 9.59 Å². The summed E-state index contributed by atoms with van der Waals surface area (Å²) in [5.74, 6) is -1.61. The Kier molecular flexibility index (Phi) is 12.4. The lowest BCUT2D eigenvalue weighted by atomic mass is 10.0. The number of halogens is 1. The second kappa shape index (κ2) is 14.4. The number of hydrogen-bond donors (Lipinski definition) is 4. The molecular formula is C26H36ClN3O4. The first-order valence-corrected chi connectivity index (χ1v) is 11.7. The molecule has 0 saturated carbocycles. The van der Waals surface area contributed by atoms with Crippen LogP contribution in [0.4, 0.5) is 5.69 Å². The summed E-state index contributed by atoms with van der Waals surface area (Å²) in [7, 11) is 1.49. The summed E-state index contributed by atoms with van der Waals surface area (Å²) in [6.45, 7) is 9.42. The number of likely N-dealkylation sites (N-methyl/N-ethyl adjacent to an activating group) is 1. The van der Waals surface area contributed by atoms with Gasteiger partial charge in [-0.2, -0.15) is 0 Å². The summed E-state index contributed by atoms with van der Waals surface area (Å²) >= 11 is 6.01. The molecule has 0 fully saturated rings. The molecular weight excluding hydrogens is 454 g/mol. The van der Waals surface area contributed by atoms with Gasteiger partial charge in [-0.15, -0.1) is 0 Å². The molecule has 0 spiro atoms. The van der Waals surface area contributed by atoms with Crippen LogP contribution in [0.2, 0.25) is 5.02 Å². The normalized spacial score (nSPS) is 14.3. The molecule has 0 bridgehead atoms. The van der Waals surface area contributed by atoms with Crippen molar-refractivity contribution in [3.05, 3.63) is 77.0 Å². The first-order chi connectivity index (χ1) is 16.1. The van der Waals surface area contributed by atoms with E-state index in [4.69, 9.17) is 11.6 Å². The predicted molar refractivity (Wildman–Crippen MR) is 137 cm³/mol. The predicted octanol–water partition coefficient (Wildman–Crippen LogP) is 4.43. The van der Waals surface area contributed by atoms with Crippen LogP contribution in [-0.4, -0.2) is 46.2 Å². The molecule has 0 aliphatic carbocycles. The molecule has 4 N–H and O–H groups in total. The fourth-order valence-corrected chi connectivity index (χ4v) is 3.30. The van der Waals surface area contributed by atoms with Gasteiger partial charge in [0.2, 0.25) is 0 Å². The number of benzene rings is 2. The number of allylic oxidation sites excluding steroid dienone is 1. The highest BCUT2D eigenvalue weighted by Crippen LogP contribution is 2.23. The second-order valence-corrected chi connectivity index (χ2v) is 8.00. The zero-order chi connectivity index (χ0) is 25.8. The van der Waals surface area contributed by atoms with Gasteiger partial charge in [0.15, 0.2) is 12.2 Å². The minimum Gasteiger partial charge on any atom is -0.380 e. The lowest BCUT2D eigenvalue weighted by molar-refractivity contribution is -0.153. The minimum atomic E-state index is -1.91. The number of carbonyl (C=O) groups is 2. The average molecular weight is 490 g/mol. The first-order valence-electron chi connectivity index (χ1n) is 11.3. The van der Waals surface area contributed by atoms with Crippen LogP contribution in [0.3, 0.4) is 0 Å². The molecule has 2 rings (SSSR count). The number of hydrogen-bond acceptors (Lipinski definition) is 5. The van der Waals surface area contributed by atoms with Gasteiger partial charge in [0.05, 0.1) is 12.1 Å². The van der Waals surface area contributed by atoms with Crippen molar-refractivity contribution in [3.63, 3.8) is 0 Å². The maximum absolute atomic E-state index is 12.7. The molecule has 0 saturated heterocycles. The van der Waals surface area contributed by atoms with Gasteiger partial charge >= 0.3 is 0 Å². The topological polar surface area (TPSA) is 102 Å². The second-order valence-electron chi connectivity index (χ2n) is 7.57. The van der Waals surface area contributed by atoms with Crippen LogP contribution in [0.5, 0.6) is 0 Å². The van der Waals surface area contributed by atoms with Crippen LogP contribution in [0.25, 0.3) is 0 Å². The largest absolute Gasteiger partial charge is 0.380 e. The molecule has 0 aromatic heterocycles. The third-order valence-electron chi connectivity index (χ3n) is 5.27. The van der Waals surface area contributed by atoms with E-state index in [0.29, 0.717) is 5.02 Å². The molecule has 0 aliphatic heterocycles. The number of anilines is 1. The lowest BCUT2D eigenvalue weighted by Crippen LogP contribution is -2.50. The maximum atomic E-state index is 12.7. The third kappa shape index (κ3) is 8.17. The van der Waals surface area contributed by atoms with E-state index in [9.17, 15) is 19.8 Å². The van der Waals surface area contributed by atoms with Crippen molar-refractivity contribution in [3.8, 4) is 0 Å². The molecule has 0 heterocycles. The van der Waals surface area contributed by atoms with Crippen molar-refractivity contribution < 1.29 is 19.8 Å². The molecule has 0 radical (unpaired) electrons. The number of nitrogens with zero attached hydrogens (tertiary/aromatic N) is 1. The Morgan fingerprint density at radius 2 is 1.62 bits per heavy atom. The van der Waals surface area contributed by atoms with Crippen LogP contribution in [0.1, 0.15) is 57.8 Å². The van der Waals surface area contributed by atoms with E-state index in [1.807, 2.05) is 51.1 Å². The van der Waals surface area contributed by atoms with Gasteiger partial charge < -0.3 is 25.7 Å². The van der Waals surface area contributed by atoms with Crippen molar-refractivity contribution in [2.24, 2.45) is 0 Å². The number of carbonyl (C=O) groups excluding carboxylic acids is 2. The minimum absolute atomic E-state index is 0.417. The Labute approximate surface area is 207 Å². The van der Waals surface area contributed by atoms with Gasteiger partial charge in [0.25, 0.3) is 11.8 Å². The van der Waals surface area contributed by atoms with Crippen molar-refractivity contribution in [2.75, 3.05) is 12.4 Å². The zero-order valence-electron chi connectivity index (χ0n) is 20.6. The van der Waals surface area contributed by atoms with E-state index in [2.05, 4.69) is 10.6 Å². The Morgan fingerprint density at radius 1 is 1.00 bits per heavy atom. The van der Waals surface area contributed by atoms with E-state index >= 15 is 0 Å². The van der Waals surface area contributed by atoms with E-state index in [1.165, 1.54) is 11.9 Å². The van der Waals surface area contributed by atoms with Crippen molar-refractivity contribution in [1.82, 2.24) is 10.2 Å². The molecule has 4 atom stereocenters. The van der Waals surface area contributed by atoms with Crippen LogP contribution >= 0.6 is 11.6 Å². The number of aliphatic hydroxyl groups excluding tert-OH is 2. The van der Waals surface area contributed by atoms with E-state index < -0.39 is 36.1 Å². The van der Waals surface area contributed by atoms with Gasteiger partial charge in [-0.1, -0.05) is 55.8 Å². The van der Waals surface area contributed by atoms with E-state index in [1.54, 1.807) is 44.3 Å². The van der Waals surface area contributed by atoms with Crippen LogP contribution in [0.15, 0.2) is 60.8 Å². The summed E-state index contributed by atoms with van der Waals surface area (Å²) in [6.07, 6.45) is -0.132. The summed E-state index contributed by atoms with van der Waals surface area (Å²) in [4.78, 5) is 26.4. The third-order valence-corrected chi connectivity index (χ3v) is 5.50.